The van der Waals surface area contributed by atoms with Crippen molar-refractivity contribution in [3.8, 4) is 11.1 Å². The molecule has 1 heterocycles. The van der Waals surface area contributed by atoms with Crippen LogP contribution in [0.2, 0.25) is 0 Å². The normalized spacial score (nSPS) is 10.6. The Balaban J connectivity index is 1.30. The summed E-state index contributed by atoms with van der Waals surface area (Å²) in [5, 5.41) is 14.1. The van der Waals surface area contributed by atoms with Crippen LogP contribution in [0.15, 0.2) is 77.1 Å². The SMILES string of the molecule is Cc1cc(C)cc(NC(=O)CSc2nnc(NC(=O)c3ccc(-c4ccccc4)cc3)s2)c1. The molecule has 3 aromatic carbocycles. The molecule has 4 aromatic rings. The molecule has 0 saturated heterocycles. The van der Waals surface area contributed by atoms with Gasteiger partial charge < -0.3 is 5.32 Å². The Morgan fingerprint density at radius 3 is 2.21 bits per heavy atom. The lowest BCUT2D eigenvalue weighted by atomic mass is 10.0. The minimum Gasteiger partial charge on any atom is -0.325 e. The number of aryl methyl sites for hydroxylation is 2. The van der Waals surface area contributed by atoms with Crippen molar-refractivity contribution in [1.82, 2.24) is 10.2 Å². The number of benzene rings is 3. The minimum absolute atomic E-state index is 0.121. The molecule has 0 aliphatic heterocycles. The number of rotatable bonds is 7. The summed E-state index contributed by atoms with van der Waals surface area (Å²) in [6.45, 7) is 3.98. The first-order valence-corrected chi connectivity index (χ1v) is 12.1. The first-order valence-electron chi connectivity index (χ1n) is 10.3. The standard InChI is InChI=1S/C25H22N4O2S2/c1-16-12-17(2)14-21(13-16)26-22(30)15-32-25-29-28-24(33-25)27-23(31)20-10-8-19(9-11-20)18-6-4-3-5-7-18/h3-14H,15H2,1-2H3,(H,26,30)(H,27,28,31). The molecule has 4 rings (SSSR count). The highest BCUT2D eigenvalue weighted by Crippen LogP contribution is 2.26. The second kappa shape index (κ2) is 10.4. The van der Waals surface area contributed by atoms with Crippen LogP contribution in [0.4, 0.5) is 10.8 Å². The number of carbonyl (C=O) groups excluding carboxylic acids is 2. The Morgan fingerprint density at radius 2 is 1.52 bits per heavy atom. The Hall–Kier alpha value is -3.49. The zero-order valence-corrected chi connectivity index (χ0v) is 19.8. The van der Waals surface area contributed by atoms with Crippen molar-refractivity contribution < 1.29 is 9.59 Å². The third kappa shape index (κ3) is 6.27. The fourth-order valence-electron chi connectivity index (χ4n) is 3.30. The topological polar surface area (TPSA) is 84.0 Å². The molecule has 2 amide bonds. The number of aromatic nitrogens is 2. The van der Waals surface area contributed by atoms with Gasteiger partial charge in [-0.1, -0.05) is 71.6 Å². The zero-order chi connectivity index (χ0) is 23.2. The molecule has 0 unspecified atom stereocenters. The molecule has 0 fully saturated rings. The summed E-state index contributed by atoms with van der Waals surface area (Å²) in [6.07, 6.45) is 0. The number of hydrogen-bond acceptors (Lipinski definition) is 6. The van der Waals surface area contributed by atoms with Crippen LogP contribution in [0.25, 0.3) is 11.1 Å². The highest BCUT2D eigenvalue weighted by atomic mass is 32.2. The molecular formula is C25H22N4O2S2. The van der Waals surface area contributed by atoms with E-state index in [1.807, 2.05) is 68.4 Å². The van der Waals surface area contributed by atoms with Crippen LogP contribution < -0.4 is 10.6 Å². The van der Waals surface area contributed by atoms with Gasteiger partial charge in [0, 0.05) is 11.3 Å². The summed E-state index contributed by atoms with van der Waals surface area (Å²) in [5.41, 5.74) is 5.64. The van der Waals surface area contributed by atoms with Gasteiger partial charge >= 0.3 is 0 Å². The van der Waals surface area contributed by atoms with Gasteiger partial charge in [-0.25, -0.2) is 0 Å². The van der Waals surface area contributed by atoms with E-state index in [4.69, 9.17) is 0 Å². The van der Waals surface area contributed by atoms with Crippen LogP contribution in [0, 0.1) is 13.8 Å². The second-order valence-electron chi connectivity index (χ2n) is 7.48. The molecule has 166 valence electrons. The van der Waals surface area contributed by atoms with Crippen molar-refractivity contribution in [3.63, 3.8) is 0 Å². The average Bonchev–Trinajstić information content (AvgIpc) is 3.25. The Kier molecular flexibility index (Phi) is 7.16. The van der Waals surface area contributed by atoms with Gasteiger partial charge in [0.05, 0.1) is 5.75 Å². The number of nitrogens with zero attached hydrogens (tertiary/aromatic N) is 2. The lowest BCUT2D eigenvalue weighted by Gasteiger charge is -2.06. The molecule has 0 bridgehead atoms. The molecular weight excluding hydrogens is 452 g/mol. The predicted octanol–water partition coefficient (Wildman–Crippen LogP) is 5.81. The van der Waals surface area contributed by atoms with Gasteiger partial charge in [-0.2, -0.15) is 0 Å². The summed E-state index contributed by atoms with van der Waals surface area (Å²) in [4.78, 5) is 24.8. The smallest absolute Gasteiger partial charge is 0.257 e. The van der Waals surface area contributed by atoms with Crippen molar-refractivity contribution in [2.45, 2.75) is 18.2 Å². The molecule has 0 spiro atoms. The van der Waals surface area contributed by atoms with Crippen molar-refractivity contribution in [2.75, 3.05) is 16.4 Å². The average molecular weight is 475 g/mol. The van der Waals surface area contributed by atoms with Crippen LogP contribution in [-0.4, -0.2) is 27.8 Å². The fourth-order valence-corrected chi connectivity index (χ4v) is 4.85. The Labute approximate surface area is 200 Å². The maximum atomic E-state index is 12.6. The predicted molar refractivity (Wildman–Crippen MR) is 135 cm³/mol. The Bertz CT molecular complexity index is 1250. The quantitative estimate of drug-likeness (QED) is 0.261. The largest absolute Gasteiger partial charge is 0.325 e. The van der Waals surface area contributed by atoms with Gasteiger partial charge in [0.25, 0.3) is 5.91 Å². The van der Waals surface area contributed by atoms with E-state index in [9.17, 15) is 9.59 Å². The van der Waals surface area contributed by atoms with E-state index in [0.717, 1.165) is 27.9 Å². The first-order chi connectivity index (χ1) is 16.0. The Morgan fingerprint density at radius 1 is 0.848 bits per heavy atom. The molecule has 0 radical (unpaired) electrons. The molecule has 6 nitrogen and oxygen atoms in total. The lowest BCUT2D eigenvalue weighted by Crippen LogP contribution is -2.14. The van der Waals surface area contributed by atoms with Gasteiger partial charge in [-0.3, -0.25) is 14.9 Å². The number of amides is 2. The van der Waals surface area contributed by atoms with E-state index in [-0.39, 0.29) is 17.6 Å². The van der Waals surface area contributed by atoms with Crippen molar-refractivity contribution in [1.29, 1.82) is 0 Å². The maximum absolute atomic E-state index is 12.6. The summed E-state index contributed by atoms with van der Waals surface area (Å²) in [6, 6.07) is 23.3. The summed E-state index contributed by atoms with van der Waals surface area (Å²) in [5.74, 6) is -0.171. The van der Waals surface area contributed by atoms with Crippen molar-refractivity contribution >= 4 is 45.7 Å². The number of nitrogens with one attached hydrogen (secondary N) is 2. The van der Waals surface area contributed by atoms with Gasteiger partial charge in [-0.05, 0) is 60.4 Å². The number of thioether (sulfide) groups is 1. The molecule has 0 atom stereocenters. The van der Waals surface area contributed by atoms with Crippen LogP contribution >= 0.6 is 23.1 Å². The first kappa shape index (κ1) is 22.7. The van der Waals surface area contributed by atoms with Crippen LogP contribution in [0.3, 0.4) is 0 Å². The molecule has 2 N–H and O–H groups in total. The monoisotopic (exact) mass is 474 g/mol. The zero-order valence-electron chi connectivity index (χ0n) is 18.2. The highest BCUT2D eigenvalue weighted by molar-refractivity contribution is 8.01. The summed E-state index contributed by atoms with van der Waals surface area (Å²) in [7, 11) is 0. The van der Waals surface area contributed by atoms with E-state index >= 15 is 0 Å². The molecule has 1 aromatic heterocycles. The van der Waals surface area contributed by atoms with Crippen molar-refractivity contribution in [3.05, 3.63) is 89.5 Å². The summed E-state index contributed by atoms with van der Waals surface area (Å²) < 4.78 is 0.611. The highest BCUT2D eigenvalue weighted by Gasteiger charge is 2.12. The fraction of sp³-hybridized carbons (Fsp3) is 0.120. The third-order valence-corrected chi connectivity index (χ3v) is 6.69. The second-order valence-corrected chi connectivity index (χ2v) is 9.68. The van der Waals surface area contributed by atoms with Gasteiger partial charge in [0.1, 0.15) is 0 Å². The van der Waals surface area contributed by atoms with E-state index in [2.05, 4.69) is 26.9 Å². The van der Waals surface area contributed by atoms with E-state index in [0.29, 0.717) is 15.0 Å². The van der Waals surface area contributed by atoms with E-state index in [1.54, 1.807) is 12.1 Å². The minimum atomic E-state index is -0.255. The number of carbonyl (C=O) groups is 2. The van der Waals surface area contributed by atoms with Gasteiger partial charge in [-0.15, -0.1) is 10.2 Å². The molecule has 0 aliphatic rings. The van der Waals surface area contributed by atoms with Crippen LogP contribution in [-0.2, 0) is 4.79 Å². The van der Waals surface area contributed by atoms with Gasteiger partial charge in [0.15, 0.2) is 4.34 Å². The number of anilines is 2. The van der Waals surface area contributed by atoms with E-state index < -0.39 is 0 Å². The molecule has 0 aliphatic carbocycles. The molecule has 0 saturated carbocycles. The van der Waals surface area contributed by atoms with Gasteiger partial charge in [0.2, 0.25) is 11.0 Å². The third-order valence-electron chi connectivity index (χ3n) is 4.71. The number of hydrogen-bond donors (Lipinski definition) is 2. The summed E-state index contributed by atoms with van der Waals surface area (Å²) >= 11 is 2.52. The van der Waals surface area contributed by atoms with Crippen LogP contribution in [0.5, 0.6) is 0 Å². The van der Waals surface area contributed by atoms with Crippen molar-refractivity contribution in [2.24, 2.45) is 0 Å². The molecule has 8 heteroatoms. The van der Waals surface area contributed by atoms with Crippen LogP contribution in [0.1, 0.15) is 21.5 Å². The maximum Gasteiger partial charge on any atom is 0.257 e. The lowest BCUT2D eigenvalue weighted by molar-refractivity contribution is -0.113. The van der Waals surface area contributed by atoms with E-state index in [1.165, 1.54) is 23.1 Å². The molecule has 33 heavy (non-hydrogen) atoms.